The minimum atomic E-state index is -3.38. The molecule has 0 spiro atoms. The van der Waals surface area contributed by atoms with Crippen LogP contribution in [0.15, 0.2) is 18.2 Å². The van der Waals surface area contributed by atoms with E-state index in [0.29, 0.717) is 18.0 Å². The predicted molar refractivity (Wildman–Crippen MR) is 78.5 cm³/mol. The summed E-state index contributed by atoms with van der Waals surface area (Å²) in [4.78, 5) is 11.8. The topological polar surface area (TPSA) is 75.7 Å². The molecule has 0 radical (unpaired) electrons. The Hall–Kier alpha value is -1.60. The Kier molecular flexibility index (Phi) is 5.52. The van der Waals surface area contributed by atoms with Gasteiger partial charge in [-0.3, -0.25) is 4.79 Å². The second-order valence-corrected chi connectivity index (χ2v) is 6.59. The van der Waals surface area contributed by atoms with Crippen LogP contribution in [-0.2, 0) is 14.8 Å². The van der Waals surface area contributed by atoms with Crippen molar-refractivity contribution < 1.29 is 17.9 Å². The molecule has 0 aliphatic carbocycles. The average molecular weight is 300 g/mol. The smallest absolute Gasteiger partial charge is 0.239 e. The summed E-state index contributed by atoms with van der Waals surface area (Å²) in [6.45, 7) is 4.02. The van der Waals surface area contributed by atoms with E-state index in [1.807, 2.05) is 26.0 Å². The highest BCUT2D eigenvalue weighted by Gasteiger charge is 2.16. The van der Waals surface area contributed by atoms with Crippen molar-refractivity contribution in [2.75, 3.05) is 31.8 Å². The Morgan fingerprint density at radius 3 is 2.60 bits per heavy atom. The zero-order valence-corrected chi connectivity index (χ0v) is 13.0. The van der Waals surface area contributed by atoms with Crippen LogP contribution in [-0.4, -0.2) is 45.1 Å². The van der Waals surface area contributed by atoms with Gasteiger partial charge in [0.2, 0.25) is 15.9 Å². The molecule has 0 saturated heterocycles. The number of amides is 1. The first-order chi connectivity index (χ1) is 9.24. The SMILES string of the molecule is CCOc1cc(C)ccc1NC(=O)CN(C)S(C)(=O)=O. The predicted octanol–water partition coefficient (Wildman–Crippen LogP) is 1.22. The van der Waals surface area contributed by atoms with Crippen LogP contribution in [0.5, 0.6) is 5.75 Å². The van der Waals surface area contributed by atoms with Crippen LogP contribution in [0, 0.1) is 6.92 Å². The van der Waals surface area contributed by atoms with Gasteiger partial charge in [0.05, 0.1) is 25.1 Å². The molecule has 1 aromatic carbocycles. The number of ether oxygens (including phenoxy) is 1. The number of sulfonamides is 1. The molecule has 0 saturated carbocycles. The van der Waals surface area contributed by atoms with Crippen LogP contribution in [0.4, 0.5) is 5.69 Å². The van der Waals surface area contributed by atoms with E-state index in [1.165, 1.54) is 7.05 Å². The number of likely N-dealkylation sites (N-methyl/N-ethyl adjacent to an activating group) is 1. The van der Waals surface area contributed by atoms with E-state index in [1.54, 1.807) is 6.07 Å². The van der Waals surface area contributed by atoms with Gasteiger partial charge in [-0.25, -0.2) is 8.42 Å². The number of carbonyl (C=O) groups is 1. The zero-order valence-electron chi connectivity index (χ0n) is 12.1. The minimum absolute atomic E-state index is 0.238. The van der Waals surface area contributed by atoms with Gasteiger partial charge in [0.25, 0.3) is 0 Å². The summed E-state index contributed by atoms with van der Waals surface area (Å²) in [6.07, 6.45) is 1.05. The maximum absolute atomic E-state index is 11.8. The van der Waals surface area contributed by atoms with Crippen LogP contribution in [0.1, 0.15) is 12.5 Å². The highest BCUT2D eigenvalue weighted by molar-refractivity contribution is 7.88. The summed E-state index contributed by atoms with van der Waals surface area (Å²) in [7, 11) is -2.02. The third-order valence-corrected chi connectivity index (χ3v) is 3.90. The van der Waals surface area contributed by atoms with Gasteiger partial charge in [0, 0.05) is 7.05 Å². The van der Waals surface area contributed by atoms with Gasteiger partial charge in [-0.05, 0) is 31.5 Å². The highest BCUT2D eigenvalue weighted by atomic mass is 32.2. The molecule has 0 heterocycles. The van der Waals surface area contributed by atoms with Crippen molar-refractivity contribution in [2.45, 2.75) is 13.8 Å². The molecule has 112 valence electrons. The Labute approximate surface area is 119 Å². The van der Waals surface area contributed by atoms with Gasteiger partial charge in [0.1, 0.15) is 5.75 Å². The number of anilines is 1. The summed E-state index contributed by atoms with van der Waals surface area (Å²) in [5.41, 5.74) is 1.55. The van der Waals surface area contributed by atoms with E-state index in [2.05, 4.69) is 5.32 Å². The monoisotopic (exact) mass is 300 g/mol. The lowest BCUT2D eigenvalue weighted by Crippen LogP contribution is -2.34. The Morgan fingerprint density at radius 2 is 2.05 bits per heavy atom. The minimum Gasteiger partial charge on any atom is -0.492 e. The molecule has 1 N–H and O–H groups in total. The fourth-order valence-electron chi connectivity index (χ4n) is 1.52. The van der Waals surface area contributed by atoms with Crippen molar-refractivity contribution in [3.05, 3.63) is 23.8 Å². The van der Waals surface area contributed by atoms with Gasteiger partial charge in [0.15, 0.2) is 0 Å². The fraction of sp³-hybridized carbons (Fsp3) is 0.462. The van der Waals surface area contributed by atoms with Gasteiger partial charge in [-0.2, -0.15) is 4.31 Å². The molecule has 1 amide bonds. The summed E-state index contributed by atoms with van der Waals surface area (Å²) >= 11 is 0. The second-order valence-electron chi connectivity index (χ2n) is 4.50. The molecule has 0 bridgehead atoms. The normalized spacial score (nSPS) is 11.4. The first-order valence-corrected chi connectivity index (χ1v) is 8.03. The number of carbonyl (C=O) groups excluding carboxylic acids is 1. The van der Waals surface area contributed by atoms with Gasteiger partial charge >= 0.3 is 0 Å². The zero-order chi connectivity index (χ0) is 15.3. The lowest BCUT2D eigenvalue weighted by molar-refractivity contribution is -0.116. The van der Waals surface area contributed by atoms with Crippen LogP contribution in [0.25, 0.3) is 0 Å². The lowest BCUT2D eigenvalue weighted by atomic mass is 10.2. The summed E-state index contributed by atoms with van der Waals surface area (Å²) in [5.74, 6) is 0.158. The van der Waals surface area contributed by atoms with Crippen LogP contribution in [0.2, 0.25) is 0 Å². The standard InChI is InChI=1S/C13H20N2O4S/c1-5-19-12-8-10(2)6-7-11(12)14-13(16)9-15(3)20(4,17)18/h6-8H,5,9H2,1-4H3,(H,14,16). The molecule has 0 fully saturated rings. The van der Waals surface area contributed by atoms with Crippen LogP contribution >= 0.6 is 0 Å². The Morgan fingerprint density at radius 1 is 1.40 bits per heavy atom. The number of hydrogen-bond acceptors (Lipinski definition) is 4. The lowest BCUT2D eigenvalue weighted by Gasteiger charge is -2.15. The highest BCUT2D eigenvalue weighted by Crippen LogP contribution is 2.25. The third kappa shape index (κ3) is 4.82. The van der Waals surface area contributed by atoms with E-state index in [-0.39, 0.29) is 6.54 Å². The Bertz CT molecular complexity index is 584. The molecule has 1 rings (SSSR count). The number of nitrogens with one attached hydrogen (secondary N) is 1. The summed E-state index contributed by atoms with van der Waals surface area (Å²) in [5, 5.41) is 2.66. The molecule has 0 unspecified atom stereocenters. The maximum atomic E-state index is 11.8. The van der Waals surface area contributed by atoms with Crippen molar-refractivity contribution in [3.63, 3.8) is 0 Å². The quantitative estimate of drug-likeness (QED) is 0.857. The Balaban J connectivity index is 2.80. The second kappa shape index (κ2) is 6.71. The first kappa shape index (κ1) is 16.5. The third-order valence-electron chi connectivity index (χ3n) is 2.64. The number of nitrogens with zero attached hydrogens (tertiary/aromatic N) is 1. The first-order valence-electron chi connectivity index (χ1n) is 6.18. The molecular weight excluding hydrogens is 280 g/mol. The number of benzene rings is 1. The van der Waals surface area contributed by atoms with Crippen molar-refractivity contribution in [3.8, 4) is 5.75 Å². The van der Waals surface area contributed by atoms with Gasteiger partial charge in [-0.15, -0.1) is 0 Å². The fourth-order valence-corrected chi connectivity index (χ4v) is 1.87. The van der Waals surface area contributed by atoms with Crippen molar-refractivity contribution in [1.82, 2.24) is 4.31 Å². The molecule has 0 aromatic heterocycles. The van der Waals surface area contributed by atoms with E-state index in [4.69, 9.17) is 4.74 Å². The molecule has 6 nitrogen and oxygen atoms in total. The van der Waals surface area contributed by atoms with Crippen LogP contribution < -0.4 is 10.1 Å². The van der Waals surface area contributed by atoms with Crippen molar-refractivity contribution in [2.24, 2.45) is 0 Å². The van der Waals surface area contributed by atoms with Crippen molar-refractivity contribution >= 4 is 21.6 Å². The number of aryl methyl sites for hydroxylation is 1. The molecule has 0 aliphatic rings. The van der Waals surface area contributed by atoms with Gasteiger partial charge < -0.3 is 10.1 Å². The van der Waals surface area contributed by atoms with E-state index in [0.717, 1.165) is 16.1 Å². The van der Waals surface area contributed by atoms with Crippen LogP contribution in [0.3, 0.4) is 0 Å². The maximum Gasteiger partial charge on any atom is 0.239 e. The molecule has 20 heavy (non-hydrogen) atoms. The number of hydrogen-bond donors (Lipinski definition) is 1. The average Bonchev–Trinajstić information content (AvgIpc) is 2.31. The van der Waals surface area contributed by atoms with Crippen molar-refractivity contribution in [1.29, 1.82) is 0 Å². The number of rotatable bonds is 6. The summed E-state index contributed by atoms with van der Waals surface area (Å²) in [6, 6.07) is 5.40. The van der Waals surface area contributed by atoms with Gasteiger partial charge in [-0.1, -0.05) is 6.07 Å². The molecule has 0 atom stereocenters. The van der Waals surface area contributed by atoms with E-state index < -0.39 is 15.9 Å². The molecule has 0 aliphatic heterocycles. The summed E-state index contributed by atoms with van der Waals surface area (Å²) < 4.78 is 28.9. The molecule has 7 heteroatoms. The van der Waals surface area contributed by atoms with E-state index >= 15 is 0 Å². The molecule has 1 aromatic rings. The largest absolute Gasteiger partial charge is 0.492 e. The molecular formula is C13H20N2O4S. The van der Waals surface area contributed by atoms with E-state index in [9.17, 15) is 13.2 Å².